The Labute approximate surface area is 223 Å². The van der Waals surface area contributed by atoms with Crippen LogP contribution in [0.1, 0.15) is 43.2 Å². The van der Waals surface area contributed by atoms with Crippen LogP contribution in [0.3, 0.4) is 0 Å². The van der Waals surface area contributed by atoms with Gasteiger partial charge in [0.05, 0.1) is 18.6 Å². The maximum atomic E-state index is 13.2. The van der Waals surface area contributed by atoms with Crippen LogP contribution in [0.15, 0.2) is 17.0 Å². The van der Waals surface area contributed by atoms with Crippen molar-refractivity contribution in [3.8, 4) is 5.75 Å². The first-order valence-electron chi connectivity index (χ1n) is 13.3. The van der Waals surface area contributed by atoms with Crippen molar-refractivity contribution in [2.24, 2.45) is 0 Å². The highest BCUT2D eigenvalue weighted by molar-refractivity contribution is 7.89. The standard InChI is InChI=1S/C27H46N4O5S/c1-20-15-25(35-7)16-21(2)27(20)37(33,34)29(5)13-14-36-19-26(32)30(6)22-9-8-10-23(17-22)31-12-11-24(18-31)28(3)4/h15-16,22-24H,8-14,17-19H2,1-7H3/t22-,23+,24+/m0/s1. The van der Waals surface area contributed by atoms with Gasteiger partial charge in [-0.05, 0) is 83.3 Å². The van der Waals surface area contributed by atoms with Crippen LogP contribution in [0.2, 0.25) is 0 Å². The molecule has 2 aliphatic rings. The lowest BCUT2D eigenvalue weighted by atomic mass is 9.89. The van der Waals surface area contributed by atoms with E-state index < -0.39 is 10.0 Å². The molecule has 1 saturated heterocycles. The van der Waals surface area contributed by atoms with E-state index in [-0.39, 0.29) is 36.6 Å². The van der Waals surface area contributed by atoms with Crippen LogP contribution < -0.4 is 4.74 Å². The molecule has 0 bridgehead atoms. The summed E-state index contributed by atoms with van der Waals surface area (Å²) in [4.78, 5) is 19.9. The van der Waals surface area contributed by atoms with Gasteiger partial charge in [-0.3, -0.25) is 9.69 Å². The molecule has 1 aliphatic heterocycles. The fourth-order valence-electron chi connectivity index (χ4n) is 5.71. The van der Waals surface area contributed by atoms with E-state index in [0.29, 0.717) is 29.0 Å². The zero-order valence-corrected chi connectivity index (χ0v) is 24.5. The van der Waals surface area contributed by atoms with Crippen LogP contribution in [0.25, 0.3) is 0 Å². The molecule has 1 aromatic carbocycles. The van der Waals surface area contributed by atoms with Crippen molar-refractivity contribution in [1.29, 1.82) is 0 Å². The van der Waals surface area contributed by atoms with Crippen LogP contribution in [0.5, 0.6) is 5.75 Å². The van der Waals surface area contributed by atoms with Gasteiger partial charge in [0.2, 0.25) is 15.9 Å². The number of likely N-dealkylation sites (tertiary alicyclic amines) is 1. The SMILES string of the molecule is COc1cc(C)c(S(=O)(=O)N(C)CCOCC(=O)N(C)[C@H]2CCC[C@@H](N3CC[C@@H](N(C)C)C3)C2)c(C)c1. The van der Waals surface area contributed by atoms with Gasteiger partial charge >= 0.3 is 0 Å². The minimum atomic E-state index is -3.69. The molecule has 1 aromatic rings. The van der Waals surface area contributed by atoms with E-state index in [1.807, 2.05) is 11.9 Å². The van der Waals surface area contributed by atoms with Crippen molar-refractivity contribution < 1.29 is 22.7 Å². The van der Waals surface area contributed by atoms with E-state index in [2.05, 4.69) is 23.9 Å². The van der Waals surface area contributed by atoms with Crippen molar-refractivity contribution in [2.75, 3.05) is 68.1 Å². The van der Waals surface area contributed by atoms with Gasteiger partial charge in [-0.25, -0.2) is 8.42 Å². The summed E-state index contributed by atoms with van der Waals surface area (Å²) in [6.07, 6.45) is 5.56. The van der Waals surface area contributed by atoms with Crippen LogP contribution in [-0.4, -0.2) is 120 Å². The molecule has 1 aliphatic carbocycles. The largest absolute Gasteiger partial charge is 0.497 e. The summed E-state index contributed by atoms with van der Waals surface area (Å²) < 4.78 is 38.5. The molecule has 37 heavy (non-hydrogen) atoms. The molecule has 2 fully saturated rings. The number of carbonyl (C=O) groups is 1. The van der Waals surface area contributed by atoms with Gasteiger partial charge in [0.1, 0.15) is 12.4 Å². The Morgan fingerprint density at radius 3 is 2.32 bits per heavy atom. The molecule has 1 heterocycles. The minimum Gasteiger partial charge on any atom is -0.497 e. The maximum absolute atomic E-state index is 13.2. The third kappa shape index (κ3) is 7.23. The summed E-state index contributed by atoms with van der Waals surface area (Å²) in [7, 11) is 5.59. The molecule has 0 N–H and O–H groups in total. The van der Waals surface area contributed by atoms with Gasteiger partial charge in [-0.15, -0.1) is 0 Å². The van der Waals surface area contributed by atoms with Gasteiger partial charge < -0.3 is 19.3 Å². The normalized spacial score (nSPS) is 23.1. The van der Waals surface area contributed by atoms with Gasteiger partial charge in [0.25, 0.3) is 0 Å². The van der Waals surface area contributed by atoms with Crippen LogP contribution in [0.4, 0.5) is 0 Å². The zero-order valence-electron chi connectivity index (χ0n) is 23.7. The summed E-state index contributed by atoms with van der Waals surface area (Å²) in [6.45, 7) is 6.04. The predicted octanol–water partition coefficient (Wildman–Crippen LogP) is 2.35. The second kappa shape index (κ2) is 12.9. The molecule has 210 valence electrons. The zero-order chi connectivity index (χ0) is 27.3. The van der Waals surface area contributed by atoms with Crippen molar-refractivity contribution in [3.63, 3.8) is 0 Å². The molecule has 0 spiro atoms. The summed E-state index contributed by atoms with van der Waals surface area (Å²) in [5.41, 5.74) is 1.27. The van der Waals surface area contributed by atoms with Crippen molar-refractivity contribution in [2.45, 2.75) is 69.0 Å². The average Bonchev–Trinajstić information content (AvgIpc) is 3.36. The lowest BCUT2D eigenvalue weighted by Crippen LogP contribution is -2.47. The molecule has 1 amide bonds. The third-order valence-electron chi connectivity index (χ3n) is 8.12. The van der Waals surface area contributed by atoms with E-state index in [0.717, 1.165) is 32.4 Å². The van der Waals surface area contributed by atoms with Crippen LogP contribution in [-0.2, 0) is 19.6 Å². The summed E-state index contributed by atoms with van der Waals surface area (Å²) in [5.74, 6) is 0.579. The first-order valence-corrected chi connectivity index (χ1v) is 14.7. The lowest BCUT2D eigenvalue weighted by molar-refractivity contribution is -0.137. The molecular formula is C27H46N4O5S. The molecule has 0 unspecified atom stereocenters. The smallest absolute Gasteiger partial charge is 0.248 e. The Hall–Kier alpha value is -1.72. The van der Waals surface area contributed by atoms with E-state index in [4.69, 9.17) is 9.47 Å². The monoisotopic (exact) mass is 538 g/mol. The fourth-order valence-corrected chi connectivity index (χ4v) is 7.27. The minimum absolute atomic E-state index is 0.0431. The van der Waals surface area contributed by atoms with E-state index in [1.165, 1.54) is 24.2 Å². The van der Waals surface area contributed by atoms with Crippen LogP contribution in [0, 0.1) is 13.8 Å². The number of ether oxygens (including phenoxy) is 2. The number of hydrogen-bond acceptors (Lipinski definition) is 7. The number of amides is 1. The molecule has 10 heteroatoms. The number of likely N-dealkylation sites (N-methyl/N-ethyl adjacent to an activating group) is 3. The first kappa shape index (κ1) is 29.8. The molecule has 9 nitrogen and oxygen atoms in total. The second-order valence-corrected chi connectivity index (χ2v) is 12.8. The van der Waals surface area contributed by atoms with Gasteiger partial charge in [-0.2, -0.15) is 4.31 Å². The highest BCUT2D eigenvalue weighted by Gasteiger charge is 2.34. The molecule has 0 radical (unpaired) electrons. The van der Waals surface area contributed by atoms with Crippen molar-refractivity contribution in [1.82, 2.24) is 19.0 Å². The highest BCUT2D eigenvalue weighted by atomic mass is 32.2. The van der Waals surface area contributed by atoms with Crippen molar-refractivity contribution in [3.05, 3.63) is 23.3 Å². The number of rotatable bonds is 11. The molecule has 3 atom stereocenters. The van der Waals surface area contributed by atoms with Gasteiger partial charge in [0.15, 0.2) is 0 Å². The average molecular weight is 539 g/mol. The van der Waals surface area contributed by atoms with E-state index in [1.54, 1.807) is 33.1 Å². The number of methoxy groups -OCH3 is 1. The summed E-state index contributed by atoms with van der Waals surface area (Å²) in [6, 6.07) is 4.81. The number of nitrogens with zero attached hydrogens (tertiary/aromatic N) is 4. The summed E-state index contributed by atoms with van der Waals surface area (Å²) in [5, 5.41) is 0. The first-order chi connectivity index (χ1) is 17.4. The fraction of sp³-hybridized carbons (Fsp3) is 0.741. The molecule has 3 rings (SSSR count). The predicted molar refractivity (Wildman–Crippen MR) is 146 cm³/mol. The highest BCUT2D eigenvalue weighted by Crippen LogP contribution is 2.30. The number of aryl methyl sites for hydroxylation is 2. The number of hydrogen-bond donors (Lipinski definition) is 0. The number of sulfonamides is 1. The van der Waals surface area contributed by atoms with E-state index >= 15 is 0 Å². The Balaban J connectivity index is 1.46. The quantitative estimate of drug-likeness (QED) is 0.400. The second-order valence-electron chi connectivity index (χ2n) is 10.8. The van der Waals surface area contributed by atoms with Crippen molar-refractivity contribution >= 4 is 15.9 Å². The lowest BCUT2D eigenvalue weighted by Gasteiger charge is -2.39. The molecule has 1 saturated carbocycles. The Bertz CT molecular complexity index is 1010. The molecule has 0 aromatic heterocycles. The van der Waals surface area contributed by atoms with Gasteiger partial charge in [-0.1, -0.05) is 0 Å². The molecular weight excluding hydrogens is 492 g/mol. The number of carbonyl (C=O) groups excluding carboxylic acids is 1. The van der Waals surface area contributed by atoms with E-state index in [9.17, 15) is 13.2 Å². The number of benzene rings is 1. The Morgan fingerprint density at radius 1 is 1.05 bits per heavy atom. The van der Waals surface area contributed by atoms with Crippen LogP contribution >= 0.6 is 0 Å². The van der Waals surface area contributed by atoms with Gasteiger partial charge in [0, 0.05) is 51.9 Å². The Kier molecular flexibility index (Phi) is 10.4. The topological polar surface area (TPSA) is 82.6 Å². The Morgan fingerprint density at radius 2 is 1.73 bits per heavy atom. The third-order valence-corrected chi connectivity index (χ3v) is 10.3. The summed E-state index contributed by atoms with van der Waals surface area (Å²) >= 11 is 0. The maximum Gasteiger partial charge on any atom is 0.248 e.